The lowest BCUT2D eigenvalue weighted by molar-refractivity contribution is -0.119. The molecule has 0 radical (unpaired) electrons. The van der Waals surface area contributed by atoms with Crippen LogP contribution in [0.15, 0.2) is 35.7 Å². The molecule has 0 bridgehead atoms. The van der Waals surface area contributed by atoms with Crippen molar-refractivity contribution >= 4 is 21.6 Å². The predicted octanol–water partition coefficient (Wildman–Crippen LogP) is 0.264. The van der Waals surface area contributed by atoms with Gasteiger partial charge in [-0.25, -0.2) is 27.6 Å². The number of nitrogens with zero attached hydrogens (tertiary/aromatic N) is 3. The molecule has 112 valence electrons. The third-order valence-corrected chi connectivity index (χ3v) is 3.57. The number of carbonyl (C=O) groups is 1. The van der Waals surface area contributed by atoms with Crippen LogP contribution in [0.25, 0.3) is 0 Å². The van der Waals surface area contributed by atoms with E-state index in [2.05, 4.69) is 15.4 Å². The maximum Gasteiger partial charge on any atom is 0.249 e. The number of amides is 1. The minimum Gasteiger partial charge on any atom is -0.324 e. The Morgan fingerprint density at radius 3 is 2.71 bits per heavy atom. The van der Waals surface area contributed by atoms with Crippen molar-refractivity contribution < 1.29 is 17.6 Å². The number of anilines is 1. The van der Waals surface area contributed by atoms with Gasteiger partial charge in [0.05, 0.1) is 4.90 Å². The summed E-state index contributed by atoms with van der Waals surface area (Å²) < 4.78 is 37.1. The van der Waals surface area contributed by atoms with Crippen molar-refractivity contribution in [2.75, 3.05) is 5.32 Å². The number of aromatic nitrogens is 3. The van der Waals surface area contributed by atoms with E-state index in [0.29, 0.717) is 0 Å². The number of nitrogens with one attached hydrogen (secondary N) is 1. The third kappa shape index (κ3) is 3.61. The lowest BCUT2D eigenvalue weighted by Crippen LogP contribution is -2.24. The molecule has 0 fully saturated rings. The third-order valence-electron chi connectivity index (χ3n) is 2.68. The zero-order valence-electron chi connectivity index (χ0n) is 10.9. The number of carbonyl (C=O) groups excluding carboxylic acids is 1. The molecule has 1 amide bonds. The van der Waals surface area contributed by atoms with E-state index in [1.165, 1.54) is 17.3 Å². The Morgan fingerprint density at radius 2 is 2.14 bits per heavy atom. The van der Waals surface area contributed by atoms with Crippen LogP contribution in [0.2, 0.25) is 0 Å². The standard InChI is InChI=1S/C11H12FN5O3S/c1-7(17-6-14-5-15-17)11(18)16-9-2-8(12)3-10(4-9)21(13,19)20/h2-7H,1H3,(H,16,18)(H2,13,19,20). The zero-order chi connectivity index (χ0) is 15.6. The molecule has 0 saturated carbocycles. The molecular formula is C11H12FN5O3S. The van der Waals surface area contributed by atoms with E-state index in [9.17, 15) is 17.6 Å². The van der Waals surface area contributed by atoms with E-state index < -0.39 is 32.7 Å². The fraction of sp³-hybridized carbons (Fsp3) is 0.182. The number of hydrogen-bond donors (Lipinski definition) is 2. The molecular weight excluding hydrogens is 301 g/mol. The Balaban J connectivity index is 2.24. The topological polar surface area (TPSA) is 120 Å². The molecule has 1 aromatic carbocycles. The Bertz CT molecular complexity index is 760. The monoisotopic (exact) mass is 313 g/mol. The van der Waals surface area contributed by atoms with Crippen LogP contribution in [0.1, 0.15) is 13.0 Å². The molecule has 0 saturated heterocycles. The summed E-state index contributed by atoms with van der Waals surface area (Å²) in [6, 6.07) is 2.13. The molecule has 1 atom stereocenters. The maximum absolute atomic E-state index is 13.4. The summed E-state index contributed by atoms with van der Waals surface area (Å²) in [6.45, 7) is 1.56. The van der Waals surface area contributed by atoms with E-state index in [-0.39, 0.29) is 5.69 Å². The van der Waals surface area contributed by atoms with E-state index >= 15 is 0 Å². The molecule has 2 aromatic rings. The number of benzene rings is 1. The predicted molar refractivity (Wildman–Crippen MR) is 71.1 cm³/mol. The Morgan fingerprint density at radius 1 is 1.43 bits per heavy atom. The lowest BCUT2D eigenvalue weighted by atomic mass is 10.2. The first-order chi connectivity index (χ1) is 9.77. The van der Waals surface area contributed by atoms with Gasteiger partial charge in [-0.2, -0.15) is 5.10 Å². The quantitative estimate of drug-likeness (QED) is 0.839. The zero-order valence-corrected chi connectivity index (χ0v) is 11.7. The largest absolute Gasteiger partial charge is 0.324 e. The van der Waals surface area contributed by atoms with Gasteiger partial charge in [0.25, 0.3) is 0 Å². The van der Waals surface area contributed by atoms with Gasteiger partial charge in [0.2, 0.25) is 15.9 Å². The van der Waals surface area contributed by atoms with E-state index in [1.807, 2.05) is 0 Å². The molecule has 1 aromatic heterocycles. The van der Waals surface area contributed by atoms with Crippen molar-refractivity contribution in [2.45, 2.75) is 17.9 Å². The van der Waals surface area contributed by atoms with Crippen LogP contribution >= 0.6 is 0 Å². The van der Waals surface area contributed by atoms with Crippen LogP contribution in [0.5, 0.6) is 0 Å². The highest BCUT2D eigenvalue weighted by molar-refractivity contribution is 7.89. The lowest BCUT2D eigenvalue weighted by Gasteiger charge is -2.12. The molecule has 1 unspecified atom stereocenters. The molecule has 10 heteroatoms. The van der Waals surface area contributed by atoms with Crippen molar-refractivity contribution in [2.24, 2.45) is 5.14 Å². The van der Waals surface area contributed by atoms with Gasteiger partial charge in [-0.15, -0.1) is 0 Å². The summed E-state index contributed by atoms with van der Waals surface area (Å²) in [6.07, 6.45) is 2.62. The number of hydrogen-bond acceptors (Lipinski definition) is 5. The Labute approximate surface area is 119 Å². The van der Waals surface area contributed by atoms with Gasteiger partial charge in [-0.05, 0) is 25.1 Å². The fourth-order valence-corrected chi connectivity index (χ4v) is 2.15. The van der Waals surface area contributed by atoms with Gasteiger partial charge < -0.3 is 5.32 Å². The van der Waals surface area contributed by atoms with Gasteiger partial charge >= 0.3 is 0 Å². The van der Waals surface area contributed by atoms with Crippen LogP contribution in [0.4, 0.5) is 10.1 Å². The highest BCUT2D eigenvalue weighted by Gasteiger charge is 2.17. The SMILES string of the molecule is CC(C(=O)Nc1cc(F)cc(S(N)(=O)=O)c1)n1cncn1. The minimum atomic E-state index is -4.07. The van der Waals surface area contributed by atoms with Gasteiger partial charge in [0.15, 0.2) is 0 Å². The summed E-state index contributed by atoms with van der Waals surface area (Å²) in [4.78, 5) is 15.3. The van der Waals surface area contributed by atoms with Crippen LogP contribution in [0.3, 0.4) is 0 Å². The van der Waals surface area contributed by atoms with Gasteiger partial charge in [0.1, 0.15) is 24.5 Å². The highest BCUT2D eigenvalue weighted by atomic mass is 32.2. The van der Waals surface area contributed by atoms with E-state index in [4.69, 9.17) is 5.14 Å². The summed E-state index contributed by atoms with van der Waals surface area (Å²) in [5, 5.41) is 11.1. The number of nitrogens with two attached hydrogens (primary N) is 1. The molecule has 2 rings (SSSR count). The second kappa shape index (κ2) is 5.58. The molecule has 1 heterocycles. The Kier molecular flexibility index (Phi) is 4.00. The van der Waals surface area contributed by atoms with E-state index in [0.717, 1.165) is 18.2 Å². The average Bonchev–Trinajstić information content (AvgIpc) is 2.89. The van der Waals surface area contributed by atoms with Crippen molar-refractivity contribution in [1.82, 2.24) is 14.8 Å². The van der Waals surface area contributed by atoms with Crippen molar-refractivity contribution in [3.63, 3.8) is 0 Å². The van der Waals surface area contributed by atoms with Gasteiger partial charge in [-0.3, -0.25) is 4.79 Å². The van der Waals surface area contributed by atoms with E-state index in [1.54, 1.807) is 6.92 Å². The van der Waals surface area contributed by atoms with Crippen molar-refractivity contribution in [1.29, 1.82) is 0 Å². The van der Waals surface area contributed by atoms with Gasteiger partial charge in [-0.1, -0.05) is 0 Å². The first-order valence-electron chi connectivity index (χ1n) is 5.76. The van der Waals surface area contributed by atoms with Crippen LogP contribution in [-0.4, -0.2) is 29.1 Å². The highest BCUT2D eigenvalue weighted by Crippen LogP contribution is 2.18. The molecule has 3 N–H and O–H groups in total. The van der Waals surface area contributed by atoms with Crippen LogP contribution in [0, 0.1) is 5.82 Å². The number of halogens is 1. The second-order valence-electron chi connectivity index (χ2n) is 4.26. The first kappa shape index (κ1) is 15.1. The number of primary sulfonamides is 1. The number of sulfonamides is 1. The summed E-state index contributed by atoms with van der Waals surface area (Å²) in [5.74, 6) is -1.34. The average molecular weight is 313 g/mol. The van der Waals surface area contributed by atoms with Crippen LogP contribution < -0.4 is 10.5 Å². The first-order valence-corrected chi connectivity index (χ1v) is 7.30. The molecule has 21 heavy (non-hydrogen) atoms. The Hall–Kier alpha value is -2.33. The normalized spacial score (nSPS) is 12.9. The summed E-state index contributed by atoms with van der Waals surface area (Å²) in [7, 11) is -4.07. The molecule has 0 aliphatic heterocycles. The number of rotatable bonds is 4. The molecule has 0 spiro atoms. The maximum atomic E-state index is 13.4. The fourth-order valence-electron chi connectivity index (χ4n) is 1.58. The minimum absolute atomic E-state index is 0.0176. The smallest absolute Gasteiger partial charge is 0.249 e. The summed E-state index contributed by atoms with van der Waals surface area (Å²) in [5.41, 5.74) is -0.0176. The molecule has 0 aliphatic carbocycles. The molecule has 0 aliphatic rings. The molecule has 8 nitrogen and oxygen atoms in total. The van der Waals surface area contributed by atoms with Gasteiger partial charge in [0, 0.05) is 5.69 Å². The second-order valence-corrected chi connectivity index (χ2v) is 5.82. The summed E-state index contributed by atoms with van der Waals surface area (Å²) >= 11 is 0. The van der Waals surface area contributed by atoms with Crippen LogP contribution in [-0.2, 0) is 14.8 Å². The van der Waals surface area contributed by atoms with Crippen molar-refractivity contribution in [3.8, 4) is 0 Å². The van der Waals surface area contributed by atoms with Crippen molar-refractivity contribution in [3.05, 3.63) is 36.7 Å².